The fourth-order valence-corrected chi connectivity index (χ4v) is 1.90. The highest BCUT2D eigenvalue weighted by Crippen LogP contribution is 2.13. The Morgan fingerprint density at radius 1 is 1.65 bits per heavy atom. The van der Waals surface area contributed by atoms with Gasteiger partial charge in [0.25, 0.3) is 0 Å². The lowest BCUT2D eigenvalue weighted by Crippen LogP contribution is -2.18. The van der Waals surface area contributed by atoms with Crippen LogP contribution in [-0.4, -0.2) is 48.0 Å². The molecule has 1 fully saturated rings. The summed E-state index contributed by atoms with van der Waals surface area (Å²) in [5.74, 6) is 0. The molecule has 0 radical (unpaired) electrons. The van der Waals surface area contributed by atoms with Gasteiger partial charge in [-0.1, -0.05) is 5.21 Å². The molecule has 1 aromatic heterocycles. The summed E-state index contributed by atoms with van der Waals surface area (Å²) in [5.41, 5.74) is 0.958. The molecule has 2 heterocycles. The summed E-state index contributed by atoms with van der Waals surface area (Å²) in [6, 6.07) is 0. The van der Waals surface area contributed by atoms with E-state index < -0.39 is 0 Å². The van der Waals surface area contributed by atoms with Gasteiger partial charge in [0.05, 0.1) is 24.9 Å². The van der Waals surface area contributed by atoms with Crippen LogP contribution in [0.15, 0.2) is 6.20 Å². The van der Waals surface area contributed by atoms with Gasteiger partial charge in [0, 0.05) is 33.0 Å². The summed E-state index contributed by atoms with van der Waals surface area (Å²) in [6.45, 7) is 3.96. The van der Waals surface area contributed by atoms with E-state index in [1.807, 2.05) is 10.9 Å². The van der Waals surface area contributed by atoms with E-state index in [2.05, 4.69) is 15.6 Å². The van der Waals surface area contributed by atoms with Crippen molar-refractivity contribution in [3.63, 3.8) is 0 Å². The summed E-state index contributed by atoms with van der Waals surface area (Å²) in [5, 5.41) is 11.4. The van der Waals surface area contributed by atoms with Gasteiger partial charge >= 0.3 is 0 Å². The van der Waals surface area contributed by atoms with Crippen LogP contribution < -0.4 is 5.32 Å². The molecular weight excluding hydrogens is 220 g/mol. The molecule has 0 spiro atoms. The predicted molar refractivity (Wildman–Crippen MR) is 62.6 cm³/mol. The number of rotatable bonds is 7. The van der Waals surface area contributed by atoms with Crippen molar-refractivity contribution < 1.29 is 9.47 Å². The van der Waals surface area contributed by atoms with E-state index in [0.717, 1.165) is 44.8 Å². The Bertz CT molecular complexity index is 323. The van der Waals surface area contributed by atoms with Gasteiger partial charge in [0.1, 0.15) is 0 Å². The normalized spacial score (nSPS) is 19.9. The van der Waals surface area contributed by atoms with Gasteiger partial charge < -0.3 is 14.8 Å². The Hall–Kier alpha value is -0.980. The van der Waals surface area contributed by atoms with Gasteiger partial charge in [-0.2, -0.15) is 0 Å². The van der Waals surface area contributed by atoms with Crippen molar-refractivity contribution in [1.82, 2.24) is 20.3 Å². The molecule has 1 aromatic rings. The first-order valence-corrected chi connectivity index (χ1v) is 6.09. The second kappa shape index (κ2) is 6.68. The van der Waals surface area contributed by atoms with Crippen molar-refractivity contribution in [2.75, 3.05) is 26.9 Å². The topological polar surface area (TPSA) is 61.2 Å². The molecule has 1 N–H and O–H groups in total. The molecule has 1 atom stereocenters. The largest absolute Gasteiger partial charge is 0.383 e. The van der Waals surface area contributed by atoms with Gasteiger partial charge in [-0.15, -0.1) is 5.10 Å². The molecular formula is C11H20N4O2. The number of hydrogen-bond donors (Lipinski definition) is 1. The minimum atomic E-state index is 0.311. The van der Waals surface area contributed by atoms with Crippen LogP contribution >= 0.6 is 0 Å². The lowest BCUT2D eigenvalue weighted by Gasteiger charge is -2.07. The van der Waals surface area contributed by atoms with Crippen LogP contribution in [0.1, 0.15) is 18.5 Å². The van der Waals surface area contributed by atoms with E-state index in [1.165, 1.54) is 0 Å². The molecule has 6 heteroatoms. The second-order valence-corrected chi connectivity index (χ2v) is 4.24. The van der Waals surface area contributed by atoms with E-state index in [-0.39, 0.29) is 0 Å². The van der Waals surface area contributed by atoms with Crippen LogP contribution in [-0.2, 0) is 22.6 Å². The second-order valence-electron chi connectivity index (χ2n) is 4.24. The van der Waals surface area contributed by atoms with Crippen molar-refractivity contribution >= 4 is 0 Å². The molecule has 1 aliphatic heterocycles. The van der Waals surface area contributed by atoms with Gasteiger partial charge in [-0.25, -0.2) is 4.68 Å². The standard InChI is InChI=1S/C11H20N4O2/c1-16-6-4-12-7-10-8-15(14-13-10)9-11-3-2-5-17-11/h8,11-12H,2-7,9H2,1H3. The van der Waals surface area contributed by atoms with Crippen LogP contribution in [0.25, 0.3) is 0 Å². The Morgan fingerprint density at radius 3 is 3.35 bits per heavy atom. The Morgan fingerprint density at radius 2 is 2.59 bits per heavy atom. The molecule has 96 valence electrons. The summed E-state index contributed by atoms with van der Waals surface area (Å²) in [7, 11) is 1.69. The van der Waals surface area contributed by atoms with E-state index >= 15 is 0 Å². The maximum atomic E-state index is 5.56. The minimum absolute atomic E-state index is 0.311. The minimum Gasteiger partial charge on any atom is -0.383 e. The smallest absolute Gasteiger partial charge is 0.0964 e. The quantitative estimate of drug-likeness (QED) is 0.690. The third kappa shape index (κ3) is 4.07. The van der Waals surface area contributed by atoms with Crippen LogP contribution in [0.2, 0.25) is 0 Å². The monoisotopic (exact) mass is 240 g/mol. The van der Waals surface area contributed by atoms with E-state index in [0.29, 0.717) is 12.7 Å². The number of methoxy groups -OCH3 is 1. The molecule has 6 nitrogen and oxygen atoms in total. The first-order chi connectivity index (χ1) is 8.38. The van der Waals surface area contributed by atoms with Crippen molar-refractivity contribution in [2.24, 2.45) is 0 Å². The molecule has 0 bridgehead atoms. The van der Waals surface area contributed by atoms with Gasteiger partial charge in [-0.3, -0.25) is 0 Å². The van der Waals surface area contributed by atoms with Crippen molar-refractivity contribution in [2.45, 2.75) is 32.0 Å². The van der Waals surface area contributed by atoms with Gasteiger partial charge in [0.15, 0.2) is 0 Å². The van der Waals surface area contributed by atoms with Crippen LogP contribution in [0.3, 0.4) is 0 Å². The Labute approximate surface area is 101 Å². The summed E-state index contributed by atoms with van der Waals surface area (Å²) in [6.07, 6.45) is 4.57. The van der Waals surface area contributed by atoms with E-state index in [4.69, 9.17) is 9.47 Å². The maximum Gasteiger partial charge on any atom is 0.0964 e. The molecule has 17 heavy (non-hydrogen) atoms. The zero-order chi connectivity index (χ0) is 11.9. The Balaban J connectivity index is 1.71. The van der Waals surface area contributed by atoms with Gasteiger partial charge in [0.2, 0.25) is 0 Å². The summed E-state index contributed by atoms with van der Waals surface area (Å²) < 4.78 is 12.4. The fourth-order valence-electron chi connectivity index (χ4n) is 1.90. The van der Waals surface area contributed by atoms with Crippen LogP contribution in [0.5, 0.6) is 0 Å². The van der Waals surface area contributed by atoms with Crippen molar-refractivity contribution in [1.29, 1.82) is 0 Å². The number of nitrogens with zero attached hydrogens (tertiary/aromatic N) is 3. The average molecular weight is 240 g/mol. The predicted octanol–water partition coefficient (Wildman–Crippen LogP) is 0.193. The third-order valence-electron chi connectivity index (χ3n) is 2.79. The number of hydrogen-bond acceptors (Lipinski definition) is 5. The average Bonchev–Trinajstić information content (AvgIpc) is 2.97. The highest BCUT2D eigenvalue weighted by Gasteiger charge is 2.16. The van der Waals surface area contributed by atoms with Crippen molar-refractivity contribution in [3.8, 4) is 0 Å². The fraction of sp³-hybridized carbons (Fsp3) is 0.818. The zero-order valence-electron chi connectivity index (χ0n) is 10.3. The SMILES string of the molecule is COCCNCc1cn(CC2CCCO2)nn1. The Kier molecular flexibility index (Phi) is 4.90. The van der Waals surface area contributed by atoms with Crippen LogP contribution in [0, 0.1) is 0 Å². The highest BCUT2D eigenvalue weighted by molar-refractivity contribution is 4.91. The highest BCUT2D eigenvalue weighted by atomic mass is 16.5. The summed E-state index contributed by atoms with van der Waals surface area (Å²) >= 11 is 0. The molecule has 0 aromatic carbocycles. The number of aromatic nitrogens is 3. The van der Waals surface area contributed by atoms with Gasteiger partial charge in [-0.05, 0) is 12.8 Å². The maximum absolute atomic E-state index is 5.56. The van der Waals surface area contributed by atoms with Crippen molar-refractivity contribution in [3.05, 3.63) is 11.9 Å². The first kappa shape index (κ1) is 12.5. The van der Waals surface area contributed by atoms with Crippen LogP contribution in [0.4, 0.5) is 0 Å². The van der Waals surface area contributed by atoms with E-state index in [1.54, 1.807) is 7.11 Å². The number of ether oxygens (including phenoxy) is 2. The zero-order valence-corrected chi connectivity index (χ0v) is 10.3. The molecule has 0 amide bonds. The lowest BCUT2D eigenvalue weighted by atomic mass is 10.2. The molecule has 1 saturated heterocycles. The molecule has 0 aliphatic carbocycles. The molecule has 0 saturated carbocycles. The summed E-state index contributed by atoms with van der Waals surface area (Å²) in [4.78, 5) is 0. The number of nitrogens with one attached hydrogen (secondary N) is 1. The molecule has 2 rings (SSSR count). The third-order valence-corrected chi connectivity index (χ3v) is 2.79. The lowest BCUT2D eigenvalue weighted by molar-refractivity contribution is 0.0935. The van der Waals surface area contributed by atoms with E-state index in [9.17, 15) is 0 Å². The molecule has 1 aliphatic rings. The first-order valence-electron chi connectivity index (χ1n) is 6.09. The molecule has 1 unspecified atom stereocenters.